The highest BCUT2D eigenvalue weighted by molar-refractivity contribution is 5.78. The molecule has 2 aromatic heterocycles. The van der Waals surface area contributed by atoms with Crippen LogP contribution in [-0.4, -0.2) is 41.0 Å². The first-order valence-electron chi connectivity index (χ1n) is 7.97. The largest absolute Gasteiger partial charge is 0.468 e. The summed E-state index contributed by atoms with van der Waals surface area (Å²) >= 11 is 0. The van der Waals surface area contributed by atoms with Crippen LogP contribution >= 0.6 is 0 Å². The van der Waals surface area contributed by atoms with E-state index in [2.05, 4.69) is 10.3 Å². The maximum absolute atomic E-state index is 12.4. The molecule has 1 amide bonds. The van der Waals surface area contributed by atoms with Crippen molar-refractivity contribution in [2.24, 2.45) is 0 Å². The SMILES string of the molecule is CN(C)C(CNC(=O)Cn1cnc2ccccc2c1=O)c1ccco1. The molecule has 7 heteroatoms. The van der Waals surface area contributed by atoms with Crippen LogP contribution in [0.1, 0.15) is 11.8 Å². The Morgan fingerprint density at radius 2 is 2.08 bits per heavy atom. The van der Waals surface area contributed by atoms with E-state index in [4.69, 9.17) is 4.42 Å². The van der Waals surface area contributed by atoms with E-state index in [0.29, 0.717) is 17.4 Å². The van der Waals surface area contributed by atoms with Gasteiger partial charge in [0.05, 0.1) is 29.5 Å². The van der Waals surface area contributed by atoms with E-state index < -0.39 is 0 Å². The Bertz CT molecular complexity index is 915. The lowest BCUT2D eigenvalue weighted by atomic mass is 10.2. The summed E-state index contributed by atoms with van der Waals surface area (Å²) in [6.07, 6.45) is 3.01. The number of furan rings is 1. The Hall–Kier alpha value is -2.93. The van der Waals surface area contributed by atoms with Gasteiger partial charge in [-0.15, -0.1) is 0 Å². The third-order valence-electron chi connectivity index (χ3n) is 4.03. The third kappa shape index (κ3) is 3.77. The highest BCUT2D eigenvalue weighted by Crippen LogP contribution is 2.17. The van der Waals surface area contributed by atoms with Crippen molar-refractivity contribution < 1.29 is 9.21 Å². The molecule has 0 aliphatic rings. The smallest absolute Gasteiger partial charge is 0.261 e. The molecule has 0 bridgehead atoms. The number of hydrogen-bond donors (Lipinski definition) is 1. The van der Waals surface area contributed by atoms with Gasteiger partial charge in [-0.25, -0.2) is 4.98 Å². The van der Waals surface area contributed by atoms with Gasteiger partial charge in [0, 0.05) is 6.54 Å². The number of amides is 1. The zero-order chi connectivity index (χ0) is 17.8. The minimum atomic E-state index is -0.252. The van der Waals surface area contributed by atoms with Crippen molar-refractivity contribution >= 4 is 16.8 Å². The molecule has 7 nitrogen and oxygen atoms in total. The minimum Gasteiger partial charge on any atom is -0.468 e. The first kappa shape index (κ1) is 16.9. The van der Waals surface area contributed by atoms with E-state index in [-0.39, 0.29) is 24.1 Å². The van der Waals surface area contributed by atoms with Gasteiger partial charge >= 0.3 is 0 Å². The van der Waals surface area contributed by atoms with Crippen LogP contribution in [0.3, 0.4) is 0 Å². The maximum Gasteiger partial charge on any atom is 0.261 e. The van der Waals surface area contributed by atoms with Crippen LogP contribution in [0.25, 0.3) is 10.9 Å². The van der Waals surface area contributed by atoms with Crippen LogP contribution in [0.5, 0.6) is 0 Å². The number of hydrogen-bond acceptors (Lipinski definition) is 5. The number of nitrogens with zero attached hydrogens (tertiary/aromatic N) is 3. The summed E-state index contributed by atoms with van der Waals surface area (Å²) in [5.41, 5.74) is 0.394. The van der Waals surface area contributed by atoms with Gasteiger partial charge in [-0.05, 0) is 38.4 Å². The van der Waals surface area contributed by atoms with Gasteiger partial charge in [-0.1, -0.05) is 12.1 Å². The summed E-state index contributed by atoms with van der Waals surface area (Å²) in [5.74, 6) is 0.521. The van der Waals surface area contributed by atoms with E-state index >= 15 is 0 Å². The second-order valence-electron chi connectivity index (χ2n) is 5.99. The van der Waals surface area contributed by atoms with Crippen LogP contribution < -0.4 is 10.9 Å². The van der Waals surface area contributed by atoms with E-state index in [1.54, 1.807) is 24.5 Å². The second kappa shape index (κ2) is 7.31. The van der Waals surface area contributed by atoms with Crippen molar-refractivity contribution in [1.82, 2.24) is 19.8 Å². The van der Waals surface area contributed by atoms with Crippen molar-refractivity contribution in [2.45, 2.75) is 12.6 Å². The van der Waals surface area contributed by atoms with Crippen LogP contribution in [0.4, 0.5) is 0 Å². The first-order valence-corrected chi connectivity index (χ1v) is 7.97. The normalized spacial score (nSPS) is 12.4. The lowest BCUT2D eigenvalue weighted by molar-refractivity contribution is -0.122. The first-order chi connectivity index (χ1) is 12.1. The molecule has 0 spiro atoms. The van der Waals surface area contributed by atoms with Crippen LogP contribution in [0.15, 0.2) is 58.2 Å². The summed E-state index contributed by atoms with van der Waals surface area (Å²) in [5, 5.41) is 3.35. The molecule has 0 aliphatic heterocycles. The number of fused-ring (bicyclic) bond motifs is 1. The second-order valence-corrected chi connectivity index (χ2v) is 5.99. The molecule has 0 saturated heterocycles. The van der Waals surface area contributed by atoms with Gasteiger partial charge in [0.1, 0.15) is 12.3 Å². The van der Waals surface area contributed by atoms with Gasteiger partial charge in [0.2, 0.25) is 5.91 Å². The summed E-state index contributed by atoms with van der Waals surface area (Å²) in [7, 11) is 3.83. The number of benzene rings is 1. The zero-order valence-electron chi connectivity index (χ0n) is 14.2. The number of rotatable bonds is 6. The molecule has 25 heavy (non-hydrogen) atoms. The van der Waals surface area contributed by atoms with Crippen molar-refractivity contribution in [3.05, 3.63) is 65.1 Å². The van der Waals surface area contributed by atoms with E-state index in [0.717, 1.165) is 5.76 Å². The molecule has 0 fully saturated rings. The highest BCUT2D eigenvalue weighted by atomic mass is 16.3. The summed E-state index contributed by atoms with van der Waals surface area (Å²) in [6, 6.07) is 10.7. The number of carbonyl (C=O) groups is 1. The Balaban J connectivity index is 1.68. The molecule has 3 aromatic rings. The highest BCUT2D eigenvalue weighted by Gasteiger charge is 2.18. The lowest BCUT2D eigenvalue weighted by Crippen LogP contribution is -2.37. The van der Waals surface area contributed by atoms with Gasteiger partial charge in [0.25, 0.3) is 5.56 Å². The Morgan fingerprint density at radius 1 is 1.28 bits per heavy atom. The minimum absolute atomic E-state index is 0.0744. The molecule has 1 aromatic carbocycles. The number of para-hydroxylation sites is 1. The molecule has 0 saturated carbocycles. The Labute approximate surface area is 144 Å². The van der Waals surface area contributed by atoms with Gasteiger partial charge in [0.15, 0.2) is 0 Å². The molecule has 1 N–H and O–H groups in total. The molecular weight excluding hydrogens is 320 g/mol. The summed E-state index contributed by atoms with van der Waals surface area (Å²) in [6.45, 7) is 0.310. The number of carbonyl (C=O) groups excluding carboxylic acids is 1. The molecule has 3 rings (SSSR count). The van der Waals surface area contributed by atoms with Gasteiger partial charge in [-0.3, -0.25) is 19.1 Å². The Morgan fingerprint density at radius 3 is 2.80 bits per heavy atom. The number of likely N-dealkylation sites (N-methyl/N-ethyl adjacent to an activating group) is 1. The van der Waals surface area contributed by atoms with Crippen LogP contribution in [0, 0.1) is 0 Å². The zero-order valence-corrected chi connectivity index (χ0v) is 14.2. The Kier molecular flexibility index (Phi) is 4.95. The van der Waals surface area contributed by atoms with Crippen molar-refractivity contribution in [3.63, 3.8) is 0 Å². The topological polar surface area (TPSA) is 80.4 Å². The van der Waals surface area contributed by atoms with E-state index in [1.807, 2.05) is 37.2 Å². The predicted molar refractivity (Wildman–Crippen MR) is 94.1 cm³/mol. The molecule has 130 valence electrons. The standard InChI is InChI=1S/C18H20N4O3/c1-21(2)15(16-8-5-9-25-16)10-19-17(23)11-22-12-20-14-7-4-3-6-13(14)18(22)24/h3-9,12,15H,10-11H2,1-2H3,(H,19,23). The van der Waals surface area contributed by atoms with E-state index in [1.165, 1.54) is 10.9 Å². The lowest BCUT2D eigenvalue weighted by Gasteiger charge is -2.22. The fourth-order valence-corrected chi connectivity index (χ4v) is 2.66. The average molecular weight is 340 g/mol. The molecular formula is C18H20N4O3. The van der Waals surface area contributed by atoms with Crippen molar-refractivity contribution in [3.8, 4) is 0 Å². The molecule has 1 atom stereocenters. The fraction of sp³-hybridized carbons (Fsp3) is 0.278. The summed E-state index contributed by atoms with van der Waals surface area (Å²) < 4.78 is 6.73. The number of aromatic nitrogens is 2. The summed E-state index contributed by atoms with van der Waals surface area (Å²) in [4.78, 5) is 30.8. The average Bonchev–Trinajstić information content (AvgIpc) is 3.12. The van der Waals surface area contributed by atoms with Gasteiger partial charge < -0.3 is 9.73 Å². The third-order valence-corrected chi connectivity index (χ3v) is 4.03. The van der Waals surface area contributed by atoms with Crippen molar-refractivity contribution in [1.29, 1.82) is 0 Å². The maximum atomic E-state index is 12.4. The predicted octanol–water partition coefficient (Wildman–Crippen LogP) is 1.41. The van der Waals surface area contributed by atoms with E-state index in [9.17, 15) is 9.59 Å². The van der Waals surface area contributed by atoms with Crippen LogP contribution in [0.2, 0.25) is 0 Å². The molecule has 0 aliphatic carbocycles. The van der Waals surface area contributed by atoms with Gasteiger partial charge in [-0.2, -0.15) is 0 Å². The monoisotopic (exact) mass is 340 g/mol. The molecule has 2 heterocycles. The number of nitrogens with one attached hydrogen (secondary N) is 1. The quantitative estimate of drug-likeness (QED) is 0.734. The fourth-order valence-electron chi connectivity index (χ4n) is 2.66. The molecule has 1 unspecified atom stereocenters. The van der Waals surface area contributed by atoms with Crippen LogP contribution in [-0.2, 0) is 11.3 Å². The molecule has 0 radical (unpaired) electrons. The van der Waals surface area contributed by atoms with Crippen molar-refractivity contribution in [2.75, 3.05) is 20.6 Å².